The number of hydrogen-bond donors (Lipinski definition) is 1. The van der Waals surface area contributed by atoms with Gasteiger partial charge in [-0.15, -0.1) is 0 Å². The standard InChI is InChI=1S/C17H16F3NO4S/c1-25-16-8-12-10-21(6-5-11(12)7-15(16)22)26(23,24)14-4-2-3-13(9-14)17(18,19)20/h2-4,7-9,22H,5-6,10H2,1H3. The van der Waals surface area contributed by atoms with E-state index in [1.165, 1.54) is 13.2 Å². The maximum atomic E-state index is 12.9. The fourth-order valence-electron chi connectivity index (χ4n) is 2.90. The molecule has 9 heteroatoms. The second-order valence-electron chi connectivity index (χ2n) is 5.91. The van der Waals surface area contributed by atoms with Crippen LogP contribution >= 0.6 is 0 Å². The Hall–Kier alpha value is -2.26. The normalized spacial score (nSPS) is 15.5. The van der Waals surface area contributed by atoms with E-state index in [1.807, 2.05) is 0 Å². The van der Waals surface area contributed by atoms with Crippen molar-refractivity contribution < 1.29 is 31.4 Å². The van der Waals surface area contributed by atoms with Gasteiger partial charge in [0.05, 0.1) is 17.6 Å². The molecular formula is C17H16F3NO4S. The summed E-state index contributed by atoms with van der Waals surface area (Å²) < 4.78 is 70.3. The Morgan fingerprint density at radius 3 is 2.54 bits per heavy atom. The zero-order valence-electron chi connectivity index (χ0n) is 13.7. The number of halogens is 3. The zero-order valence-corrected chi connectivity index (χ0v) is 14.6. The van der Waals surface area contributed by atoms with Crippen LogP contribution in [0.2, 0.25) is 0 Å². The third-order valence-electron chi connectivity index (χ3n) is 4.28. The van der Waals surface area contributed by atoms with Gasteiger partial charge in [-0.2, -0.15) is 17.5 Å². The van der Waals surface area contributed by atoms with Gasteiger partial charge in [-0.1, -0.05) is 6.07 Å². The predicted molar refractivity (Wildman–Crippen MR) is 87.4 cm³/mol. The van der Waals surface area contributed by atoms with Crippen molar-refractivity contribution in [2.45, 2.75) is 24.0 Å². The molecule has 0 atom stereocenters. The maximum absolute atomic E-state index is 12.9. The van der Waals surface area contributed by atoms with Crippen molar-refractivity contribution in [2.75, 3.05) is 13.7 Å². The van der Waals surface area contributed by atoms with E-state index in [2.05, 4.69) is 0 Å². The first-order chi connectivity index (χ1) is 12.1. The van der Waals surface area contributed by atoms with Gasteiger partial charge in [0.15, 0.2) is 11.5 Å². The van der Waals surface area contributed by atoms with E-state index in [4.69, 9.17) is 4.74 Å². The Kier molecular flexibility index (Phi) is 4.61. The predicted octanol–water partition coefficient (Wildman–Crippen LogP) is 3.17. The Labute approximate surface area is 148 Å². The summed E-state index contributed by atoms with van der Waals surface area (Å²) in [6.07, 6.45) is -4.28. The number of phenols is 1. The van der Waals surface area contributed by atoms with Crippen molar-refractivity contribution >= 4 is 10.0 Å². The number of sulfonamides is 1. The molecule has 0 radical (unpaired) electrons. The number of phenolic OH excluding ortho intramolecular Hbond substituents is 1. The van der Waals surface area contributed by atoms with Gasteiger partial charge >= 0.3 is 6.18 Å². The van der Waals surface area contributed by atoms with Gasteiger partial charge in [-0.05, 0) is 47.9 Å². The van der Waals surface area contributed by atoms with Crippen LogP contribution in [-0.2, 0) is 29.2 Å². The highest BCUT2D eigenvalue weighted by molar-refractivity contribution is 7.89. The van der Waals surface area contributed by atoms with E-state index in [-0.39, 0.29) is 24.6 Å². The summed E-state index contributed by atoms with van der Waals surface area (Å²) in [5.74, 6) is 0.169. The highest BCUT2D eigenvalue weighted by atomic mass is 32.2. The first kappa shape index (κ1) is 18.5. The van der Waals surface area contributed by atoms with Crippen LogP contribution in [0.1, 0.15) is 16.7 Å². The van der Waals surface area contributed by atoms with Gasteiger partial charge in [0.2, 0.25) is 10.0 Å². The minimum atomic E-state index is -4.62. The van der Waals surface area contributed by atoms with E-state index in [1.54, 1.807) is 6.07 Å². The summed E-state index contributed by atoms with van der Waals surface area (Å²) in [4.78, 5) is -0.401. The van der Waals surface area contributed by atoms with Crippen LogP contribution in [0.15, 0.2) is 41.3 Å². The van der Waals surface area contributed by atoms with Crippen LogP contribution in [-0.4, -0.2) is 31.5 Å². The fourth-order valence-corrected chi connectivity index (χ4v) is 4.36. The zero-order chi connectivity index (χ0) is 19.1. The molecule has 0 saturated heterocycles. The minimum absolute atomic E-state index is 0.00937. The molecule has 1 aliphatic rings. The number of fused-ring (bicyclic) bond motifs is 1. The molecule has 0 amide bonds. The number of rotatable bonds is 3. The lowest BCUT2D eigenvalue weighted by atomic mass is 10.0. The van der Waals surface area contributed by atoms with Crippen molar-refractivity contribution in [1.82, 2.24) is 4.31 Å². The summed E-state index contributed by atoms with van der Waals surface area (Å²) in [6.45, 7) is 0.0991. The molecule has 0 aromatic heterocycles. The van der Waals surface area contributed by atoms with Gasteiger partial charge in [0.1, 0.15) is 0 Å². The first-order valence-corrected chi connectivity index (χ1v) is 9.13. The number of nitrogens with zero attached hydrogens (tertiary/aromatic N) is 1. The van der Waals surface area contributed by atoms with Crippen LogP contribution < -0.4 is 4.74 Å². The molecule has 2 aromatic rings. The van der Waals surface area contributed by atoms with E-state index in [0.29, 0.717) is 18.1 Å². The Balaban J connectivity index is 1.95. The number of hydrogen-bond acceptors (Lipinski definition) is 4. The van der Waals surface area contributed by atoms with Crippen molar-refractivity contribution in [1.29, 1.82) is 0 Å². The number of aromatic hydroxyl groups is 1. The fraction of sp³-hybridized carbons (Fsp3) is 0.294. The van der Waals surface area contributed by atoms with E-state index in [9.17, 15) is 26.7 Å². The van der Waals surface area contributed by atoms with Crippen molar-refractivity contribution in [3.63, 3.8) is 0 Å². The summed E-state index contributed by atoms with van der Waals surface area (Å²) in [7, 11) is -2.71. The summed E-state index contributed by atoms with van der Waals surface area (Å²) in [5.41, 5.74) is 0.405. The van der Waals surface area contributed by atoms with Crippen molar-refractivity contribution in [2.24, 2.45) is 0 Å². The molecule has 0 unspecified atom stereocenters. The Morgan fingerprint density at radius 2 is 1.88 bits per heavy atom. The molecule has 0 aliphatic carbocycles. The van der Waals surface area contributed by atoms with Gasteiger partial charge in [0.25, 0.3) is 0 Å². The SMILES string of the molecule is COc1cc2c(cc1O)CCN(S(=O)(=O)c1cccc(C(F)(F)F)c1)C2. The number of benzene rings is 2. The average molecular weight is 387 g/mol. The molecule has 5 nitrogen and oxygen atoms in total. The minimum Gasteiger partial charge on any atom is -0.504 e. The smallest absolute Gasteiger partial charge is 0.416 e. The lowest BCUT2D eigenvalue weighted by molar-refractivity contribution is -0.137. The molecule has 1 heterocycles. The monoisotopic (exact) mass is 387 g/mol. The van der Waals surface area contributed by atoms with Crippen LogP contribution in [0, 0.1) is 0 Å². The van der Waals surface area contributed by atoms with E-state index < -0.39 is 26.7 Å². The molecule has 0 bridgehead atoms. The van der Waals surface area contributed by atoms with Crippen LogP contribution in [0.4, 0.5) is 13.2 Å². The number of ether oxygens (including phenoxy) is 1. The molecule has 140 valence electrons. The second-order valence-corrected chi connectivity index (χ2v) is 7.84. The molecule has 26 heavy (non-hydrogen) atoms. The summed E-state index contributed by atoms with van der Waals surface area (Å²) >= 11 is 0. The molecule has 0 saturated carbocycles. The Bertz CT molecular complexity index is 942. The molecule has 3 rings (SSSR count). The summed E-state index contributed by atoms with van der Waals surface area (Å²) in [6, 6.07) is 6.76. The third kappa shape index (κ3) is 3.36. The maximum Gasteiger partial charge on any atom is 0.416 e. The van der Waals surface area contributed by atoms with E-state index >= 15 is 0 Å². The van der Waals surface area contributed by atoms with Gasteiger partial charge in [0, 0.05) is 13.1 Å². The lowest BCUT2D eigenvalue weighted by Crippen LogP contribution is -2.36. The number of alkyl halides is 3. The van der Waals surface area contributed by atoms with Crippen LogP contribution in [0.3, 0.4) is 0 Å². The van der Waals surface area contributed by atoms with Gasteiger partial charge in [-0.25, -0.2) is 8.42 Å². The van der Waals surface area contributed by atoms with Crippen molar-refractivity contribution in [3.05, 3.63) is 53.1 Å². The van der Waals surface area contributed by atoms with Crippen molar-refractivity contribution in [3.8, 4) is 11.5 Å². The quantitative estimate of drug-likeness (QED) is 0.879. The first-order valence-electron chi connectivity index (χ1n) is 7.69. The highest BCUT2D eigenvalue weighted by Gasteiger charge is 2.34. The third-order valence-corrected chi connectivity index (χ3v) is 6.12. The van der Waals surface area contributed by atoms with Crippen LogP contribution in [0.25, 0.3) is 0 Å². The molecule has 2 aromatic carbocycles. The molecule has 1 aliphatic heterocycles. The highest BCUT2D eigenvalue weighted by Crippen LogP contribution is 2.35. The second kappa shape index (κ2) is 6.48. The summed E-state index contributed by atoms with van der Waals surface area (Å²) in [5, 5.41) is 9.81. The molecule has 1 N–H and O–H groups in total. The van der Waals surface area contributed by atoms with Crippen LogP contribution in [0.5, 0.6) is 11.5 Å². The Morgan fingerprint density at radius 1 is 1.15 bits per heavy atom. The van der Waals surface area contributed by atoms with E-state index in [0.717, 1.165) is 28.1 Å². The molecule has 0 fully saturated rings. The molecule has 0 spiro atoms. The molecular weight excluding hydrogens is 371 g/mol. The lowest BCUT2D eigenvalue weighted by Gasteiger charge is -2.28. The largest absolute Gasteiger partial charge is 0.504 e. The van der Waals surface area contributed by atoms with Gasteiger partial charge in [-0.3, -0.25) is 0 Å². The average Bonchev–Trinajstić information content (AvgIpc) is 2.60. The number of methoxy groups -OCH3 is 1. The topological polar surface area (TPSA) is 66.8 Å². The van der Waals surface area contributed by atoms with Gasteiger partial charge < -0.3 is 9.84 Å².